The number of aromatic nitrogens is 4. The number of amides is 1. The Morgan fingerprint density at radius 3 is 2.50 bits per heavy atom. The lowest BCUT2D eigenvalue weighted by Crippen LogP contribution is -2.25. The minimum atomic E-state index is -1.23. The molecule has 1 N–H and O–H groups in total. The van der Waals surface area contributed by atoms with Gasteiger partial charge in [-0.2, -0.15) is 4.68 Å². The van der Waals surface area contributed by atoms with Crippen LogP contribution in [-0.4, -0.2) is 37.8 Å². The number of para-hydroxylation sites is 1. The smallest absolute Gasteiger partial charge is 0.230 e. The summed E-state index contributed by atoms with van der Waals surface area (Å²) < 4.78 is 1.57. The highest BCUT2D eigenvalue weighted by molar-refractivity contribution is 7.99. The standard InChI is InChI=1S/C17H15N5O3S/c23-15(18-10-12-6-8-13(9-7-12)16(24)25)11-26-17-19-20-21-22(17)14-4-2-1-3-5-14/h1-9H,10-11H2,(H,18,23)(H,24,25)/p-1. The number of carboxylic acids is 1. The molecular weight excluding hydrogens is 354 g/mol. The van der Waals surface area contributed by atoms with Crippen molar-refractivity contribution in [3.63, 3.8) is 0 Å². The van der Waals surface area contributed by atoms with E-state index >= 15 is 0 Å². The van der Waals surface area contributed by atoms with Crippen LogP contribution in [0.1, 0.15) is 15.9 Å². The number of benzene rings is 2. The Balaban J connectivity index is 1.52. The maximum Gasteiger partial charge on any atom is 0.230 e. The fourth-order valence-electron chi connectivity index (χ4n) is 2.14. The summed E-state index contributed by atoms with van der Waals surface area (Å²) in [6, 6.07) is 15.6. The van der Waals surface area contributed by atoms with E-state index in [1.165, 1.54) is 23.9 Å². The molecule has 26 heavy (non-hydrogen) atoms. The van der Waals surface area contributed by atoms with Crippen LogP contribution in [0.4, 0.5) is 0 Å². The SMILES string of the molecule is O=C(CSc1nnnn1-c1ccccc1)NCc1ccc(C(=O)[O-])cc1. The van der Waals surface area contributed by atoms with Gasteiger partial charge >= 0.3 is 0 Å². The zero-order valence-electron chi connectivity index (χ0n) is 13.5. The van der Waals surface area contributed by atoms with Crippen molar-refractivity contribution in [3.05, 3.63) is 65.7 Å². The number of aromatic carboxylic acids is 1. The Bertz CT molecular complexity index is 896. The Morgan fingerprint density at radius 2 is 1.81 bits per heavy atom. The zero-order valence-corrected chi connectivity index (χ0v) is 14.3. The molecule has 9 heteroatoms. The first-order chi connectivity index (χ1) is 12.6. The molecule has 2 aromatic carbocycles. The number of hydrogen-bond acceptors (Lipinski definition) is 7. The van der Waals surface area contributed by atoms with Crippen LogP contribution in [0.3, 0.4) is 0 Å². The van der Waals surface area contributed by atoms with Crippen LogP contribution >= 0.6 is 11.8 Å². The summed E-state index contributed by atoms with van der Waals surface area (Å²) in [6.07, 6.45) is 0. The van der Waals surface area contributed by atoms with Crippen LogP contribution < -0.4 is 10.4 Å². The predicted molar refractivity (Wildman–Crippen MR) is 92.5 cm³/mol. The lowest BCUT2D eigenvalue weighted by Gasteiger charge is -2.07. The quantitative estimate of drug-likeness (QED) is 0.602. The van der Waals surface area contributed by atoms with Crippen molar-refractivity contribution in [1.29, 1.82) is 0 Å². The molecule has 3 aromatic rings. The van der Waals surface area contributed by atoms with E-state index in [2.05, 4.69) is 20.8 Å². The number of carboxylic acid groups (broad SMARTS) is 1. The van der Waals surface area contributed by atoms with Crippen molar-refractivity contribution in [3.8, 4) is 5.69 Å². The van der Waals surface area contributed by atoms with Gasteiger partial charge in [0.1, 0.15) is 0 Å². The average Bonchev–Trinajstić information content (AvgIpc) is 3.14. The summed E-state index contributed by atoms with van der Waals surface area (Å²) in [5.41, 5.74) is 1.71. The average molecular weight is 368 g/mol. The molecule has 0 aliphatic rings. The largest absolute Gasteiger partial charge is 0.545 e. The third-order valence-electron chi connectivity index (χ3n) is 3.45. The molecule has 0 aliphatic heterocycles. The minimum absolute atomic E-state index is 0.100. The zero-order chi connectivity index (χ0) is 18.4. The number of nitrogens with one attached hydrogen (secondary N) is 1. The second-order valence-electron chi connectivity index (χ2n) is 5.26. The van der Waals surface area contributed by atoms with Crippen LogP contribution in [0.15, 0.2) is 59.8 Å². The van der Waals surface area contributed by atoms with Gasteiger partial charge in [-0.15, -0.1) is 5.10 Å². The van der Waals surface area contributed by atoms with Gasteiger partial charge in [0, 0.05) is 6.54 Å². The molecule has 1 aromatic heterocycles. The number of nitrogens with zero attached hydrogens (tertiary/aromatic N) is 4. The van der Waals surface area contributed by atoms with Crippen LogP contribution in [-0.2, 0) is 11.3 Å². The lowest BCUT2D eigenvalue weighted by atomic mass is 10.1. The highest BCUT2D eigenvalue weighted by Gasteiger charge is 2.11. The highest BCUT2D eigenvalue weighted by atomic mass is 32.2. The molecule has 1 heterocycles. The van der Waals surface area contributed by atoms with Gasteiger partial charge in [0.15, 0.2) is 0 Å². The van der Waals surface area contributed by atoms with E-state index in [1.54, 1.807) is 16.8 Å². The Labute approximate surface area is 153 Å². The Hall–Kier alpha value is -3.20. The molecule has 0 radical (unpaired) electrons. The fourth-order valence-corrected chi connectivity index (χ4v) is 2.86. The predicted octanol–water partition coefficient (Wildman–Crippen LogP) is 0.434. The Morgan fingerprint density at radius 1 is 1.08 bits per heavy atom. The highest BCUT2D eigenvalue weighted by Crippen LogP contribution is 2.17. The van der Waals surface area contributed by atoms with Crippen molar-refractivity contribution in [2.24, 2.45) is 0 Å². The maximum absolute atomic E-state index is 12.0. The van der Waals surface area contributed by atoms with Crippen LogP contribution in [0.2, 0.25) is 0 Å². The van der Waals surface area contributed by atoms with Crippen molar-refractivity contribution in [1.82, 2.24) is 25.5 Å². The van der Waals surface area contributed by atoms with Crippen molar-refractivity contribution in [2.75, 3.05) is 5.75 Å². The van der Waals surface area contributed by atoms with Crippen LogP contribution in [0.5, 0.6) is 0 Å². The van der Waals surface area contributed by atoms with Gasteiger partial charge in [-0.3, -0.25) is 4.79 Å². The number of rotatable bonds is 7. The summed E-state index contributed by atoms with van der Waals surface area (Å²) in [5, 5.41) is 25.5. The first kappa shape index (κ1) is 17.6. The molecule has 0 saturated carbocycles. The molecule has 8 nitrogen and oxygen atoms in total. The monoisotopic (exact) mass is 368 g/mol. The summed E-state index contributed by atoms with van der Waals surface area (Å²) in [7, 11) is 0. The van der Waals surface area contributed by atoms with Gasteiger partial charge in [-0.05, 0) is 33.7 Å². The second kappa shape index (κ2) is 8.26. The molecule has 3 rings (SSSR count). The second-order valence-corrected chi connectivity index (χ2v) is 6.20. The van der Waals surface area contributed by atoms with Gasteiger partial charge in [-0.1, -0.05) is 54.2 Å². The normalized spacial score (nSPS) is 10.5. The molecule has 1 amide bonds. The maximum atomic E-state index is 12.0. The van der Waals surface area contributed by atoms with Crippen molar-refractivity contribution < 1.29 is 14.7 Å². The number of carbonyl (C=O) groups excluding carboxylic acids is 2. The van der Waals surface area contributed by atoms with Crippen molar-refractivity contribution in [2.45, 2.75) is 11.7 Å². The minimum Gasteiger partial charge on any atom is -0.545 e. The lowest BCUT2D eigenvalue weighted by molar-refractivity contribution is -0.255. The molecule has 132 valence electrons. The third-order valence-corrected chi connectivity index (χ3v) is 4.37. The molecule has 0 aliphatic carbocycles. The number of tetrazole rings is 1. The number of hydrogen-bond donors (Lipinski definition) is 1. The molecule has 0 saturated heterocycles. The van der Waals surface area contributed by atoms with E-state index in [0.717, 1.165) is 11.3 Å². The fraction of sp³-hybridized carbons (Fsp3) is 0.118. The summed E-state index contributed by atoms with van der Waals surface area (Å²) in [4.78, 5) is 22.7. The molecule has 0 atom stereocenters. The summed E-state index contributed by atoms with van der Waals surface area (Å²) >= 11 is 1.23. The van der Waals surface area contributed by atoms with Gasteiger partial charge in [0.2, 0.25) is 11.1 Å². The number of thioether (sulfide) groups is 1. The first-order valence-corrected chi connectivity index (χ1v) is 8.65. The van der Waals surface area contributed by atoms with Crippen molar-refractivity contribution >= 4 is 23.6 Å². The van der Waals surface area contributed by atoms with E-state index in [0.29, 0.717) is 11.7 Å². The van der Waals surface area contributed by atoms with Gasteiger partial charge in [0.05, 0.1) is 17.4 Å². The van der Waals surface area contributed by atoms with Crippen LogP contribution in [0, 0.1) is 0 Å². The Kier molecular flexibility index (Phi) is 5.59. The van der Waals surface area contributed by atoms with E-state index in [9.17, 15) is 14.7 Å². The van der Waals surface area contributed by atoms with E-state index in [-0.39, 0.29) is 17.2 Å². The van der Waals surface area contributed by atoms with Gasteiger partial charge in [-0.25, -0.2) is 0 Å². The van der Waals surface area contributed by atoms with Crippen LogP contribution in [0.25, 0.3) is 5.69 Å². The molecule has 0 spiro atoms. The summed E-state index contributed by atoms with van der Waals surface area (Å²) in [6.45, 7) is 0.302. The molecular formula is C17H14N5O3S-. The van der Waals surface area contributed by atoms with Gasteiger partial charge in [0.25, 0.3) is 0 Å². The molecule has 0 fully saturated rings. The van der Waals surface area contributed by atoms with Gasteiger partial charge < -0.3 is 15.2 Å². The molecule has 0 bridgehead atoms. The van der Waals surface area contributed by atoms with E-state index in [1.807, 2.05) is 30.3 Å². The third kappa shape index (κ3) is 4.45. The molecule has 0 unspecified atom stereocenters. The topological polar surface area (TPSA) is 113 Å². The number of carbonyl (C=O) groups is 2. The first-order valence-electron chi connectivity index (χ1n) is 7.67. The summed E-state index contributed by atoms with van der Waals surface area (Å²) in [5.74, 6) is -1.25. The van der Waals surface area contributed by atoms with E-state index in [4.69, 9.17) is 0 Å². The van der Waals surface area contributed by atoms with E-state index < -0.39 is 5.97 Å².